The molecular weight excluding hydrogens is 204 g/mol. The Bertz CT molecular complexity index is 369. The SMILES string of the molecule is C=C/C=C(\C=C/C)Cc1ccc(Cl)cc1. The Morgan fingerprint density at radius 3 is 2.53 bits per heavy atom. The van der Waals surface area contributed by atoms with E-state index in [1.807, 2.05) is 49.4 Å². The molecule has 0 nitrogen and oxygen atoms in total. The van der Waals surface area contributed by atoms with Crippen LogP contribution in [0.25, 0.3) is 0 Å². The molecule has 1 aromatic rings. The molecule has 1 heteroatoms. The van der Waals surface area contributed by atoms with Crippen LogP contribution in [0.3, 0.4) is 0 Å². The highest BCUT2D eigenvalue weighted by molar-refractivity contribution is 6.30. The molecule has 0 aliphatic rings. The molecule has 0 unspecified atom stereocenters. The van der Waals surface area contributed by atoms with Crippen molar-refractivity contribution in [1.82, 2.24) is 0 Å². The van der Waals surface area contributed by atoms with E-state index in [-0.39, 0.29) is 0 Å². The van der Waals surface area contributed by atoms with Gasteiger partial charge in [-0.25, -0.2) is 0 Å². The van der Waals surface area contributed by atoms with Crippen LogP contribution in [-0.4, -0.2) is 0 Å². The maximum atomic E-state index is 5.83. The molecule has 0 aromatic heterocycles. The molecule has 78 valence electrons. The van der Waals surface area contributed by atoms with Crippen molar-refractivity contribution in [2.24, 2.45) is 0 Å². The van der Waals surface area contributed by atoms with E-state index in [0.717, 1.165) is 11.4 Å². The summed E-state index contributed by atoms with van der Waals surface area (Å²) in [7, 11) is 0. The molecule has 0 radical (unpaired) electrons. The lowest BCUT2D eigenvalue weighted by molar-refractivity contribution is 1.19. The summed E-state index contributed by atoms with van der Waals surface area (Å²) < 4.78 is 0. The summed E-state index contributed by atoms with van der Waals surface area (Å²) in [6.07, 6.45) is 8.87. The van der Waals surface area contributed by atoms with Gasteiger partial charge in [0.2, 0.25) is 0 Å². The zero-order valence-corrected chi connectivity index (χ0v) is 9.67. The molecule has 0 amide bonds. The van der Waals surface area contributed by atoms with Gasteiger partial charge in [0.1, 0.15) is 0 Å². The zero-order chi connectivity index (χ0) is 11.1. The summed E-state index contributed by atoms with van der Waals surface area (Å²) in [6, 6.07) is 7.92. The van der Waals surface area contributed by atoms with Crippen molar-refractivity contribution < 1.29 is 0 Å². The minimum atomic E-state index is 0.777. The summed E-state index contributed by atoms with van der Waals surface area (Å²) in [5.74, 6) is 0. The third-order valence-corrected chi connectivity index (χ3v) is 2.29. The molecule has 0 bridgehead atoms. The van der Waals surface area contributed by atoms with E-state index >= 15 is 0 Å². The van der Waals surface area contributed by atoms with E-state index in [0.29, 0.717) is 0 Å². The average molecular weight is 219 g/mol. The predicted molar refractivity (Wildman–Crippen MR) is 68.3 cm³/mol. The second-order valence-corrected chi connectivity index (χ2v) is 3.72. The fourth-order valence-electron chi connectivity index (χ4n) is 1.38. The lowest BCUT2D eigenvalue weighted by Crippen LogP contribution is -1.87. The topological polar surface area (TPSA) is 0 Å². The highest BCUT2D eigenvalue weighted by Crippen LogP contribution is 2.13. The van der Waals surface area contributed by atoms with Crippen LogP contribution >= 0.6 is 11.6 Å². The van der Waals surface area contributed by atoms with Crippen molar-refractivity contribution in [2.75, 3.05) is 0 Å². The maximum Gasteiger partial charge on any atom is 0.0406 e. The standard InChI is InChI=1S/C14H15Cl/c1-3-5-12(6-4-2)11-13-7-9-14(15)10-8-13/h3-10H,1,11H2,2H3/b6-4-,12-5+. The van der Waals surface area contributed by atoms with E-state index in [1.165, 1.54) is 11.1 Å². The van der Waals surface area contributed by atoms with Crippen LogP contribution in [0.1, 0.15) is 12.5 Å². The summed E-state index contributed by atoms with van der Waals surface area (Å²) in [5.41, 5.74) is 2.50. The molecule has 1 rings (SSSR count). The molecule has 0 aliphatic carbocycles. The lowest BCUT2D eigenvalue weighted by atomic mass is 10.0. The second kappa shape index (κ2) is 6.26. The quantitative estimate of drug-likeness (QED) is 0.650. The van der Waals surface area contributed by atoms with Crippen molar-refractivity contribution in [3.63, 3.8) is 0 Å². The van der Waals surface area contributed by atoms with Gasteiger partial charge in [-0.3, -0.25) is 0 Å². The van der Waals surface area contributed by atoms with Gasteiger partial charge in [0.25, 0.3) is 0 Å². The van der Waals surface area contributed by atoms with Crippen LogP contribution in [-0.2, 0) is 6.42 Å². The summed E-state index contributed by atoms with van der Waals surface area (Å²) >= 11 is 5.83. The fourth-order valence-corrected chi connectivity index (χ4v) is 1.50. The number of allylic oxidation sites excluding steroid dienone is 5. The highest BCUT2D eigenvalue weighted by atomic mass is 35.5. The van der Waals surface area contributed by atoms with E-state index in [1.54, 1.807) is 0 Å². The summed E-state index contributed by atoms with van der Waals surface area (Å²) in [4.78, 5) is 0. The number of halogens is 1. The van der Waals surface area contributed by atoms with Crippen molar-refractivity contribution in [2.45, 2.75) is 13.3 Å². The Morgan fingerprint density at radius 1 is 1.33 bits per heavy atom. The Labute approximate surface area is 96.6 Å². The maximum absolute atomic E-state index is 5.83. The molecule has 1 aromatic carbocycles. The minimum absolute atomic E-state index is 0.777. The van der Waals surface area contributed by atoms with Crippen LogP contribution in [0.2, 0.25) is 5.02 Å². The Kier molecular flexibility index (Phi) is 4.92. The molecule has 0 N–H and O–H groups in total. The van der Waals surface area contributed by atoms with Gasteiger partial charge in [-0.15, -0.1) is 0 Å². The van der Waals surface area contributed by atoms with Crippen LogP contribution in [0.4, 0.5) is 0 Å². The molecule has 0 saturated carbocycles. The van der Waals surface area contributed by atoms with E-state index < -0.39 is 0 Å². The smallest absolute Gasteiger partial charge is 0.0406 e. The lowest BCUT2D eigenvalue weighted by Gasteiger charge is -2.02. The first kappa shape index (κ1) is 11.8. The van der Waals surface area contributed by atoms with Crippen molar-refractivity contribution >= 4 is 11.6 Å². The molecule has 0 fully saturated rings. The van der Waals surface area contributed by atoms with Gasteiger partial charge in [0.05, 0.1) is 0 Å². The molecule has 15 heavy (non-hydrogen) atoms. The average Bonchev–Trinajstić information content (AvgIpc) is 2.22. The van der Waals surface area contributed by atoms with E-state index in [2.05, 4.69) is 12.7 Å². The predicted octanol–water partition coefficient (Wildman–Crippen LogP) is 4.57. The van der Waals surface area contributed by atoms with Crippen LogP contribution in [0.15, 0.2) is 60.7 Å². The third kappa shape index (κ3) is 4.18. The Hall–Kier alpha value is -1.27. The monoisotopic (exact) mass is 218 g/mol. The first-order valence-electron chi connectivity index (χ1n) is 4.95. The van der Waals surface area contributed by atoms with Crippen LogP contribution < -0.4 is 0 Å². The summed E-state index contributed by atoms with van der Waals surface area (Å²) in [6.45, 7) is 5.72. The van der Waals surface area contributed by atoms with Crippen LogP contribution in [0.5, 0.6) is 0 Å². The highest BCUT2D eigenvalue weighted by Gasteiger charge is 1.95. The first-order chi connectivity index (χ1) is 7.26. The molecule has 0 saturated heterocycles. The van der Waals surface area contributed by atoms with Crippen molar-refractivity contribution in [3.05, 3.63) is 71.3 Å². The van der Waals surface area contributed by atoms with Crippen molar-refractivity contribution in [3.8, 4) is 0 Å². The molecule has 0 heterocycles. The van der Waals surface area contributed by atoms with Gasteiger partial charge in [-0.2, -0.15) is 0 Å². The summed E-state index contributed by atoms with van der Waals surface area (Å²) in [5, 5.41) is 0.777. The minimum Gasteiger partial charge on any atom is -0.0991 e. The number of rotatable bonds is 4. The normalized spacial score (nSPS) is 12.0. The number of hydrogen-bond donors (Lipinski definition) is 0. The largest absolute Gasteiger partial charge is 0.0991 e. The Balaban J connectivity index is 2.78. The van der Waals surface area contributed by atoms with Crippen molar-refractivity contribution in [1.29, 1.82) is 0 Å². The number of hydrogen-bond acceptors (Lipinski definition) is 0. The van der Waals surface area contributed by atoms with Gasteiger partial charge in [-0.1, -0.05) is 54.6 Å². The van der Waals surface area contributed by atoms with Gasteiger partial charge in [0, 0.05) is 5.02 Å². The zero-order valence-electron chi connectivity index (χ0n) is 8.91. The van der Waals surface area contributed by atoms with Gasteiger partial charge in [0.15, 0.2) is 0 Å². The van der Waals surface area contributed by atoms with E-state index in [4.69, 9.17) is 11.6 Å². The van der Waals surface area contributed by atoms with Gasteiger partial charge >= 0.3 is 0 Å². The molecule has 0 spiro atoms. The van der Waals surface area contributed by atoms with Gasteiger partial charge in [-0.05, 0) is 36.6 Å². The van der Waals surface area contributed by atoms with Gasteiger partial charge < -0.3 is 0 Å². The Morgan fingerprint density at radius 2 is 2.00 bits per heavy atom. The number of benzene rings is 1. The molecule has 0 atom stereocenters. The van der Waals surface area contributed by atoms with Crippen LogP contribution in [0, 0.1) is 0 Å². The fraction of sp³-hybridized carbons (Fsp3) is 0.143. The third-order valence-electron chi connectivity index (χ3n) is 2.03. The molecular formula is C14H15Cl. The van der Waals surface area contributed by atoms with E-state index in [9.17, 15) is 0 Å². The molecule has 0 aliphatic heterocycles. The second-order valence-electron chi connectivity index (χ2n) is 3.28. The first-order valence-corrected chi connectivity index (χ1v) is 5.33.